The van der Waals surface area contributed by atoms with Crippen LogP contribution in [0.2, 0.25) is 0 Å². The third-order valence-corrected chi connectivity index (χ3v) is 8.98. The first-order valence-electron chi connectivity index (χ1n) is 15.8. The normalized spacial score (nSPS) is 24.8. The van der Waals surface area contributed by atoms with Gasteiger partial charge in [-0.15, -0.1) is 17.5 Å². The van der Waals surface area contributed by atoms with Gasteiger partial charge in [0.25, 0.3) is 5.91 Å². The molecular weight excluding hydrogens is 706 g/mol. The molecule has 4 unspecified atom stereocenters. The number of rotatable bonds is 7. The zero-order valence-electron chi connectivity index (χ0n) is 28.8. The number of H-pyrrole nitrogens is 1. The molecule has 1 aliphatic heterocycles. The molecule has 0 radical (unpaired) electrons. The average molecular weight is 746 g/mol. The summed E-state index contributed by atoms with van der Waals surface area (Å²) in [7, 11) is 4.76. The topological polar surface area (TPSA) is 286 Å². The molecule has 1 aromatic heterocycles. The Morgan fingerprint density at radius 1 is 1.13 bits per heavy atom. The summed E-state index contributed by atoms with van der Waals surface area (Å²) < 4.78 is 17.1. The van der Waals surface area contributed by atoms with E-state index in [1.54, 1.807) is 21.0 Å². The van der Waals surface area contributed by atoms with E-state index < -0.39 is 88.5 Å². The van der Waals surface area contributed by atoms with Gasteiger partial charge >= 0.3 is 0 Å². The molecule has 9 N–H and O–H groups in total. The quantitative estimate of drug-likeness (QED) is 0.0802. The molecule has 3 aromatic rings. The van der Waals surface area contributed by atoms with Crippen molar-refractivity contribution in [2.45, 2.75) is 69.4 Å². The number of phenols is 2. The van der Waals surface area contributed by atoms with Crippen molar-refractivity contribution in [3.8, 4) is 17.2 Å². The molecule has 52 heavy (non-hydrogen) atoms. The molecule has 0 spiro atoms. The minimum absolute atomic E-state index is 0. The van der Waals surface area contributed by atoms with Crippen molar-refractivity contribution in [1.82, 2.24) is 15.0 Å². The molecule has 2 aliphatic carbocycles. The lowest BCUT2D eigenvalue weighted by Gasteiger charge is -2.42. The Morgan fingerprint density at radius 3 is 2.40 bits per heavy atom. The number of ketones is 3. The number of nitrogens with two attached hydrogens (primary N) is 2. The number of carbonyl (C=O) groups excluding carboxylic acids is 4. The zero-order chi connectivity index (χ0) is 37.5. The molecule has 19 heteroatoms. The second-order valence-electron chi connectivity index (χ2n) is 12.6. The summed E-state index contributed by atoms with van der Waals surface area (Å²) in [5, 5.41) is 53.0. The van der Waals surface area contributed by atoms with Crippen LogP contribution in [-0.4, -0.2) is 110 Å². The number of carbonyl (C=O) groups is 4. The number of benzene rings is 2. The van der Waals surface area contributed by atoms with Gasteiger partial charge in [0.2, 0.25) is 11.6 Å². The van der Waals surface area contributed by atoms with Crippen molar-refractivity contribution in [3.63, 3.8) is 0 Å². The first-order valence-corrected chi connectivity index (χ1v) is 15.8. The van der Waals surface area contributed by atoms with E-state index in [4.69, 9.17) is 25.7 Å². The summed E-state index contributed by atoms with van der Waals surface area (Å²) in [5.41, 5.74) is 8.17. The summed E-state index contributed by atoms with van der Waals surface area (Å²) >= 11 is 0. The van der Waals surface area contributed by atoms with Crippen LogP contribution in [0.3, 0.4) is 0 Å². The lowest BCUT2D eigenvalue weighted by atomic mass is 9.72. The number of hydrogen-bond acceptors (Lipinski definition) is 15. The van der Waals surface area contributed by atoms with Gasteiger partial charge in [-0.2, -0.15) is 0 Å². The van der Waals surface area contributed by atoms with Crippen molar-refractivity contribution in [3.05, 3.63) is 63.6 Å². The lowest BCUT2D eigenvalue weighted by Crippen LogP contribution is -2.52. The molecule has 1 saturated heterocycles. The van der Waals surface area contributed by atoms with Gasteiger partial charge in [-0.1, -0.05) is 17.4 Å². The van der Waals surface area contributed by atoms with Crippen LogP contribution in [0.5, 0.6) is 17.2 Å². The van der Waals surface area contributed by atoms with Crippen LogP contribution >= 0.6 is 12.4 Å². The van der Waals surface area contributed by atoms with Crippen LogP contribution in [0.25, 0.3) is 0 Å². The molecule has 2 heterocycles. The third-order valence-electron chi connectivity index (χ3n) is 8.98. The summed E-state index contributed by atoms with van der Waals surface area (Å²) in [6.45, 7) is 2.79. The van der Waals surface area contributed by atoms with Crippen molar-refractivity contribution in [2.75, 3.05) is 21.2 Å². The number of aromatic nitrogens is 2. The number of nitrogens with one attached hydrogen (secondary N) is 1. The Bertz CT molecular complexity index is 1920. The van der Waals surface area contributed by atoms with Gasteiger partial charge in [-0.25, -0.2) is 4.98 Å². The highest BCUT2D eigenvalue weighted by Crippen LogP contribution is 2.52. The molecule has 0 saturated carbocycles. The highest BCUT2D eigenvalue weighted by Gasteiger charge is 2.49. The van der Waals surface area contributed by atoms with Crippen molar-refractivity contribution in [1.29, 1.82) is 0 Å². The number of halogens is 1. The highest BCUT2D eigenvalue weighted by molar-refractivity contribution is 6.31. The lowest BCUT2D eigenvalue weighted by molar-refractivity contribution is -0.247. The number of hydrogen-bond donors (Lipinski definition) is 7. The van der Waals surface area contributed by atoms with E-state index in [0.29, 0.717) is 0 Å². The smallest absolute Gasteiger partial charge is 0.269 e. The van der Waals surface area contributed by atoms with E-state index in [2.05, 4.69) is 20.3 Å². The number of aliphatic hydroxyl groups excluding tert-OH is 1. The molecule has 6 rings (SSSR count). The predicted molar refractivity (Wildman–Crippen MR) is 183 cm³/mol. The Hall–Kier alpha value is -4.98. The standard InChI is InChI=1S/C27H29NO10.C6H10N6O.ClH/c1-10-22(30)14(28)7-17(37-10)38-16-9-27(35,11(2)29)8-13-19(16)26(34)21-20(24(13)32)23(31)12-5-4-6-15(36-3)18(12)25(21)33;1-12(2)11-10-6-4(5(7)13)8-3-9-6;/h4-6,10,14,16-17,22,30,32,34-35H,7-9,28H2,1-3H3;3H,1-2H3,(H2,7,13)(H,8,9);1H/t10?,14?,16-,17?,22?,27-;;/m0../s1. The number of methoxy groups -OCH3 is 1. The second kappa shape index (κ2) is 15.3. The molecule has 1 amide bonds. The van der Waals surface area contributed by atoms with Crippen LogP contribution in [0, 0.1) is 0 Å². The summed E-state index contributed by atoms with van der Waals surface area (Å²) in [6, 6.07) is 3.75. The van der Waals surface area contributed by atoms with E-state index in [0.717, 1.165) is 0 Å². The Morgan fingerprint density at radius 2 is 1.81 bits per heavy atom. The molecule has 3 aliphatic rings. The Labute approximate surface area is 303 Å². The SMILES string of the molecule is CN(C)N=Nc1nc[nH]c1C(N)=O.COc1cccc2c1C(=O)c1c(O)c3c(c(O)c1C2=O)C[C@@](O)(C(C)=O)C[C@@H]3OC1CC(N)C(O)C(C)O1.Cl. The number of imidazole rings is 1. The van der Waals surface area contributed by atoms with Crippen LogP contribution in [0.4, 0.5) is 5.82 Å². The number of aromatic amines is 1. The van der Waals surface area contributed by atoms with E-state index in [1.165, 1.54) is 43.6 Å². The second-order valence-corrected chi connectivity index (χ2v) is 12.6. The third kappa shape index (κ3) is 7.21. The van der Waals surface area contributed by atoms with Crippen molar-refractivity contribution >= 4 is 41.5 Å². The maximum Gasteiger partial charge on any atom is 0.269 e. The van der Waals surface area contributed by atoms with Gasteiger partial charge in [-0.3, -0.25) is 24.2 Å². The number of fused-ring (bicyclic) bond motifs is 3. The fourth-order valence-electron chi connectivity index (χ4n) is 6.33. The van der Waals surface area contributed by atoms with Crippen LogP contribution in [0.15, 0.2) is 34.9 Å². The van der Waals surface area contributed by atoms with Crippen LogP contribution in [0.1, 0.15) is 86.3 Å². The number of Topliss-reactive ketones (excluding diaryl/α,β-unsaturated/α-hetero) is 1. The van der Waals surface area contributed by atoms with Gasteiger partial charge in [0.15, 0.2) is 23.6 Å². The van der Waals surface area contributed by atoms with Gasteiger partial charge in [0.1, 0.15) is 22.8 Å². The first-order chi connectivity index (χ1) is 24.0. The maximum absolute atomic E-state index is 13.6. The minimum atomic E-state index is -2.00. The summed E-state index contributed by atoms with van der Waals surface area (Å²) in [5.74, 6) is -3.59. The van der Waals surface area contributed by atoms with Crippen LogP contribution in [-0.2, 0) is 20.7 Å². The van der Waals surface area contributed by atoms with Gasteiger partial charge in [-0.05, 0) is 19.9 Å². The number of amides is 1. The van der Waals surface area contributed by atoms with E-state index in [9.17, 15) is 39.6 Å². The van der Waals surface area contributed by atoms with Gasteiger partial charge < -0.3 is 51.1 Å². The largest absolute Gasteiger partial charge is 0.507 e. The minimum Gasteiger partial charge on any atom is -0.507 e. The van der Waals surface area contributed by atoms with Crippen molar-refractivity contribution in [2.24, 2.45) is 21.8 Å². The van der Waals surface area contributed by atoms with E-state index in [1.807, 2.05) is 0 Å². The summed E-state index contributed by atoms with van der Waals surface area (Å²) in [6.07, 6.45) is -3.19. The maximum atomic E-state index is 13.6. The van der Waals surface area contributed by atoms with E-state index in [-0.39, 0.29) is 64.8 Å². The molecule has 2 aromatic carbocycles. The van der Waals surface area contributed by atoms with E-state index >= 15 is 0 Å². The molecule has 1 fully saturated rings. The van der Waals surface area contributed by atoms with Gasteiger partial charge in [0.05, 0.1) is 48.4 Å². The number of aromatic hydroxyl groups is 2. The van der Waals surface area contributed by atoms with Crippen LogP contribution < -0.4 is 16.2 Å². The number of nitrogens with zero attached hydrogens (tertiary/aromatic N) is 4. The number of aliphatic hydroxyl groups is 2. The zero-order valence-corrected chi connectivity index (χ0v) is 29.6. The fourth-order valence-corrected chi connectivity index (χ4v) is 6.33. The van der Waals surface area contributed by atoms with Gasteiger partial charge in [0, 0.05) is 56.1 Å². The summed E-state index contributed by atoms with van der Waals surface area (Å²) in [4.78, 5) is 56.7. The predicted octanol–water partition coefficient (Wildman–Crippen LogP) is 1.52. The molecular formula is C33H40ClN7O11. The highest BCUT2D eigenvalue weighted by atomic mass is 35.5. The first kappa shape index (κ1) is 39.8. The average Bonchev–Trinajstić information content (AvgIpc) is 3.56. The number of primary amides is 1. The fraction of sp³-hybridized carbons (Fsp3) is 0.424. The molecule has 6 atom stereocenters. The molecule has 280 valence electrons. The monoisotopic (exact) mass is 745 g/mol. The number of phenolic OH excluding ortho intramolecular Hbond substituents is 2. The Balaban J connectivity index is 0.000000367. The number of ether oxygens (including phenoxy) is 3. The molecule has 18 nitrogen and oxygen atoms in total. The van der Waals surface area contributed by atoms with Crippen molar-refractivity contribution < 1.29 is 53.8 Å². The molecule has 0 bridgehead atoms. The Kier molecular flexibility index (Phi) is 11.7.